The van der Waals surface area contributed by atoms with Crippen LogP contribution in [0.2, 0.25) is 26.4 Å². The second kappa shape index (κ2) is 30.1. The van der Waals surface area contributed by atoms with Gasteiger partial charge in [-0.05, 0) is 157 Å². The van der Waals surface area contributed by atoms with E-state index in [1.165, 1.54) is 16.3 Å². The molecule has 0 amide bonds. The van der Waals surface area contributed by atoms with Crippen molar-refractivity contribution in [2.75, 3.05) is 0 Å². The van der Waals surface area contributed by atoms with Gasteiger partial charge >= 0.3 is 0 Å². The topological polar surface area (TPSA) is 193 Å². The van der Waals surface area contributed by atoms with Crippen LogP contribution in [-0.4, -0.2) is 74.8 Å². The smallest absolute Gasteiger partial charge is 0.225 e. The van der Waals surface area contributed by atoms with E-state index in [1.807, 2.05) is 194 Å². The molecule has 474 valence electrons. The minimum atomic E-state index is 0.207. The first-order chi connectivity index (χ1) is 48.6. The van der Waals surface area contributed by atoms with Crippen molar-refractivity contribution >= 4 is 135 Å². The number of fused-ring (bicyclic) bond motifs is 7. The van der Waals surface area contributed by atoms with Crippen LogP contribution in [-0.2, 0) is 0 Å². The standard InChI is InChI=1S/C19H12ClN3.2C17H10ClN3.2C13H8ClN3/c20-19-22-17(16-7-4-12-21-18(16)23-19)15-10-8-14(9-11-15)13-5-2-1-3-6-13;18-17-20-15(14-9-4-10-19-16(14)21-17)13-8-3-6-11-5-1-2-7-12(11)13;18-17-20-14-6-3-9-19-16(14)15(21-17)13-8-7-11-4-1-2-5-12(11)10-13;14-13-16-10-7-4-8-15-12(10)11(17-13)9-5-2-1-3-6-9;14-13-16-11(9-5-2-1-3-6-9)10-7-4-8-15-12(10)17-13/h1-12H;2*1-10H;2*1-8H. The van der Waals surface area contributed by atoms with Crippen LogP contribution in [0.1, 0.15) is 0 Å². The summed E-state index contributed by atoms with van der Waals surface area (Å²) in [6.45, 7) is 0. The van der Waals surface area contributed by atoms with Crippen LogP contribution in [0.5, 0.6) is 0 Å². The molecule has 0 bridgehead atoms. The molecule has 0 unspecified atom stereocenters. The van der Waals surface area contributed by atoms with Crippen LogP contribution in [0.4, 0.5) is 0 Å². The second-order valence-corrected chi connectivity index (χ2v) is 23.5. The molecule has 18 aromatic rings. The number of halogens is 5. The lowest BCUT2D eigenvalue weighted by molar-refractivity contribution is 1.18. The summed E-state index contributed by atoms with van der Waals surface area (Å²) in [5.41, 5.74) is 16.2. The minimum Gasteiger partial charge on any atom is -0.252 e. The maximum absolute atomic E-state index is 6.06. The van der Waals surface area contributed by atoms with Crippen LogP contribution in [0.3, 0.4) is 0 Å². The molecule has 0 saturated carbocycles. The van der Waals surface area contributed by atoms with Crippen molar-refractivity contribution in [3.05, 3.63) is 318 Å². The minimum absolute atomic E-state index is 0.207. The van der Waals surface area contributed by atoms with Gasteiger partial charge in [-0.3, -0.25) is 9.97 Å². The fourth-order valence-corrected chi connectivity index (χ4v) is 12.0. The summed E-state index contributed by atoms with van der Waals surface area (Å²) in [5.74, 6) is 0. The third-order valence-electron chi connectivity index (χ3n) is 15.6. The summed E-state index contributed by atoms with van der Waals surface area (Å²) in [4.78, 5) is 64.0. The highest BCUT2D eigenvalue weighted by atomic mass is 35.5. The van der Waals surface area contributed by atoms with E-state index in [-0.39, 0.29) is 26.4 Å². The Morgan fingerprint density at radius 3 is 1.08 bits per heavy atom. The summed E-state index contributed by atoms with van der Waals surface area (Å²) in [6.07, 6.45) is 8.57. The molecule has 8 aromatic carbocycles. The van der Waals surface area contributed by atoms with Crippen molar-refractivity contribution in [2.24, 2.45) is 0 Å². The van der Waals surface area contributed by atoms with Crippen LogP contribution in [0.25, 0.3) is 144 Å². The number of aromatic nitrogens is 15. The Labute approximate surface area is 591 Å². The molecule has 99 heavy (non-hydrogen) atoms. The first-order valence-electron chi connectivity index (χ1n) is 30.8. The molecule has 0 atom stereocenters. The highest BCUT2D eigenvalue weighted by Crippen LogP contribution is 2.35. The van der Waals surface area contributed by atoms with Gasteiger partial charge in [-0.15, -0.1) is 0 Å². The zero-order valence-corrected chi connectivity index (χ0v) is 55.6. The first kappa shape index (κ1) is 64.5. The largest absolute Gasteiger partial charge is 0.252 e. The van der Waals surface area contributed by atoms with Crippen molar-refractivity contribution in [1.82, 2.24) is 74.8 Å². The van der Waals surface area contributed by atoms with Gasteiger partial charge in [-0.25, -0.2) is 49.8 Å². The maximum atomic E-state index is 6.06. The van der Waals surface area contributed by atoms with Crippen LogP contribution in [0.15, 0.2) is 292 Å². The Hall–Kier alpha value is -11.8. The number of hydrogen-bond acceptors (Lipinski definition) is 15. The van der Waals surface area contributed by atoms with E-state index in [0.29, 0.717) is 16.9 Å². The lowest BCUT2D eigenvalue weighted by Gasteiger charge is -2.08. The molecule has 0 aliphatic rings. The van der Waals surface area contributed by atoms with Gasteiger partial charge in [-0.1, -0.05) is 194 Å². The van der Waals surface area contributed by atoms with Crippen LogP contribution >= 0.6 is 58.0 Å². The van der Waals surface area contributed by atoms with E-state index in [2.05, 4.69) is 141 Å². The van der Waals surface area contributed by atoms with Gasteiger partial charge in [0.15, 0.2) is 16.9 Å². The molecule has 18 rings (SSSR count). The number of nitrogens with zero attached hydrogens (tertiary/aromatic N) is 15. The highest BCUT2D eigenvalue weighted by Gasteiger charge is 2.16. The van der Waals surface area contributed by atoms with Gasteiger partial charge in [0.2, 0.25) is 26.4 Å². The molecule has 0 aliphatic heterocycles. The monoisotopic (exact) mass is 1380 g/mol. The van der Waals surface area contributed by atoms with Crippen molar-refractivity contribution in [3.8, 4) is 67.4 Å². The summed E-state index contributed by atoms with van der Waals surface area (Å²) in [7, 11) is 0. The normalized spacial score (nSPS) is 10.9. The van der Waals surface area contributed by atoms with E-state index in [4.69, 9.17) is 58.0 Å². The molecular formula is C79H48Cl5N15. The zero-order chi connectivity index (χ0) is 67.4. The van der Waals surface area contributed by atoms with Crippen molar-refractivity contribution in [1.29, 1.82) is 0 Å². The van der Waals surface area contributed by atoms with Crippen LogP contribution < -0.4 is 0 Å². The third-order valence-corrected chi connectivity index (χ3v) is 16.5. The molecule has 10 aromatic heterocycles. The lowest BCUT2D eigenvalue weighted by atomic mass is 10.0. The maximum Gasteiger partial charge on any atom is 0.225 e. The number of hydrogen-bond donors (Lipinski definition) is 0. The van der Waals surface area contributed by atoms with Gasteiger partial charge in [0.1, 0.15) is 22.4 Å². The van der Waals surface area contributed by atoms with Gasteiger partial charge in [0, 0.05) is 75.0 Å². The lowest BCUT2D eigenvalue weighted by Crippen LogP contribution is -1.93. The van der Waals surface area contributed by atoms with E-state index in [1.54, 1.807) is 31.0 Å². The van der Waals surface area contributed by atoms with Crippen LogP contribution in [0, 0.1) is 0 Å². The Morgan fingerprint density at radius 1 is 0.202 bits per heavy atom. The quantitative estimate of drug-likeness (QED) is 0.143. The van der Waals surface area contributed by atoms with Gasteiger partial charge in [0.25, 0.3) is 0 Å². The fraction of sp³-hybridized carbons (Fsp3) is 0. The molecule has 0 fully saturated rings. The van der Waals surface area contributed by atoms with E-state index in [0.717, 1.165) is 111 Å². The number of rotatable bonds is 6. The molecule has 20 heteroatoms. The molecule has 0 spiro atoms. The van der Waals surface area contributed by atoms with Crippen molar-refractivity contribution < 1.29 is 0 Å². The third kappa shape index (κ3) is 14.9. The summed E-state index contributed by atoms with van der Waals surface area (Å²) in [5, 5.41) is 8.47. The van der Waals surface area contributed by atoms with E-state index in [9.17, 15) is 0 Å². The average molecular weight is 1380 g/mol. The molecule has 10 heterocycles. The van der Waals surface area contributed by atoms with Crippen molar-refractivity contribution in [2.45, 2.75) is 0 Å². The molecular weight excluding hydrogens is 1340 g/mol. The molecule has 0 aliphatic carbocycles. The predicted octanol–water partition coefficient (Wildman–Crippen LogP) is 20.7. The SMILES string of the molecule is Clc1nc(-c2ccc(-c3ccccc3)cc2)c2cccnc2n1.Clc1nc(-c2ccc3ccccc3c2)c2ncccc2n1.Clc1nc(-c2cccc3ccccc23)c2cccnc2n1.Clc1nc(-c2ccccc2)c2cccnc2n1.Clc1nc(-c2ccccc2)c2ncccc2n1. The zero-order valence-electron chi connectivity index (χ0n) is 51.8. The summed E-state index contributed by atoms with van der Waals surface area (Å²) in [6, 6.07) is 86.0. The average Bonchev–Trinajstić information content (AvgIpc) is 0.921. The highest BCUT2D eigenvalue weighted by molar-refractivity contribution is 6.30. The van der Waals surface area contributed by atoms with Gasteiger partial charge < -0.3 is 0 Å². The fourth-order valence-electron chi connectivity index (χ4n) is 11.1. The molecule has 0 radical (unpaired) electrons. The number of benzene rings is 8. The van der Waals surface area contributed by atoms with Gasteiger partial charge in [0.05, 0.1) is 28.1 Å². The Balaban J connectivity index is 0.000000106. The van der Waals surface area contributed by atoms with E-state index < -0.39 is 0 Å². The van der Waals surface area contributed by atoms with Crippen molar-refractivity contribution in [3.63, 3.8) is 0 Å². The Morgan fingerprint density at radius 2 is 0.545 bits per heavy atom. The summed E-state index contributed by atoms with van der Waals surface area (Å²) < 4.78 is 0. The number of pyridine rings is 5. The first-order valence-corrected chi connectivity index (χ1v) is 32.7. The molecule has 0 saturated heterocycles. The Kier molecular flexibility index (Phi) is 19.6. The Bertz CT molecular complexity index is 5780. The van der Waals surface area contributed by atoms with E-state index >= 15 is 0 Å². The predicted molar refractivity (Wildman–Crippen MR) is 399 cm³/mol. The molecule has 15 nitrogen and oxygen atoms in total. The molecule has 0 N–H and O–H groups in total. The summed E-state index contributed by atoms with van der Waals surface area (Å²) >= 11 is 30.0. The van der Waals surface area contributed by atoms with Gasteiger partial charge in [-0.2, -0.15) is 15.0 Å². The second-order valence-electron chi connectivity index (χ2n) is 21.8.